The summed E-state index contributed by atoms with van der Waals surface area (Å²) in [7, 11) is 0. The van der Waals surface area contributed by atoms with Gasteiger partial charge in [0.25, 0.3) is 0 Å². The molecule has 2 aromatic heterocycles. The molecule has 0 aliphatic carbocycles. The number of thiophene rings is 1. The van der Waals surface area contributed by atoms with Crippen molar-refractivity contribution in [2.24, 2.45) is 0 Å². The summed E-state index contributed by atoms with van der Waals surface area (Å²) in [6, 6.07) is 11.9. The van der Waals surface area contributed by atoms with Crippen molar-refractivity contribution in [2.45, 2.75) is 33.3 Å². The molecule has 1 atom stereocenters. The second kappa shape index (κ2) is 10.2. The number of rotatable bonds is 6. The third-order valence-electron chi connectivity index (χ3n) is 6.71. The summed E-state index contributed by atoms with van der Waals surface area (Å²) >= 11 is 1.51. The lowest BCUT2D eigenvalue weighted by molar-refractivity contribution is -0.140. The van der Waals surface area contributed by atoms with E-state index in [0.717, 1.165) is 45.8 Å². The van der Waals surface area contributed by atoms with Gasteiger partial charge in [0.05, 0.1) is 18.8 Å². The first-order valence-corrected chi connectivity index (χ1v) is 12.9. The van der Waals surface area contributed by atoms with Crippen LogP contribution in [0.25, 0.3) is 10.2 Å². The van der Waals surface area contributed by atoms with Gasteiger partial charge < -0.3 is 19.7 Å². The average Bonchev–Trinajstić information content (AvgIpc) is 3.31. The molecule has 2 aliphatic rings. The van der Waals surface area contributed by atoms with E-state index in [4.69, 9.17) is 9.47 Å². The summed E-state index contributed by atoms with van der Waals surface area (Å²) in [4.78, 5) is 34.0. The molecule has 1 unspecified atom stereocenters. The summed E-state index contributed by atoms with van der Waals surface area (Å²) in [5.41, 5.74) is 5.38. The Morgan fingerprint density at radius 3 is 2.69 bits per heavy atom. The number of dihydropyridines is 1. The molecule has 2 aliphatic heterocycles. The standard InChI is InChI=1S/C28H29N3O4S/c1-17-24(19(3)32)26(23-16-36-27-22(23)8-5-9-29-27)25(18(2)30-17)28(33)35-15-20-6-4-7-21(14-20)31-10-12-34-13-11-31/h4-9,14,16,26,30H,10-13,15H2,1-3H3. The number of ketones is 1. The zero-order valence-electron chi connectivity index (χ0n) is 20.7. The van der Waals surface area contributed by atoms with Gasteiger partial charge in [-0.3, -0.25) is 4.79 Å². The van der Waals surface area contributed by atoms with Crippen molar-refractivity contribution in [1.82, 2.24) is 10.3 Å². The van der Waals surface area contributed by atoms with Gasteiger partial charge in [-0.15, -0.1) is 11.3 Å². The second-order valence-electron chi connectivity index (χ2n) is 9.08. The van der Waals surface area contributed by atoms with Crippen LogP contribution in [0.1, 0.15) is 37.8 Å². The zero-order valence-corrected chi connectivity index (χ0v) is 21.5. The molecule has 0 bridgehead atoms. The van der Waals surface area contributed by atoms with Gasteiger partial charge >= 0.3 is 5.97 Å². The number of allylic oxidation sites excluding steroid dienone is 3. The SMILES string of the molecule is CC(=O)C1=C(C)NC(C)=C(C(=O)OCc2cccc(N3CCOCC3)c2)C1c1csc2ncccc12. The molecule has 0 saturated carbocycles. The summed E-state index contributed by atoms with van der Waals surface area (Å²) in [6.45, 7) is 8.51. The number of carbonyl (C=O) groups excluding carboxylic acids is 2. The minimum absolute atomic E-state index is 0.0794. The Bertz CT molecular complexity index is 1380. The van der Waals surface area contributed by atoms with E-state index in [1.807, 2.05) is 43.5 Å². The third kappa shape index (κ3) is 4.66. The number of Topliss-reactive ketones (excluding diaryl/α,β-unsaturated/α-hetero) is 1. The number of anilines is 1. The summed E-state index contributed by atoms with van der Waals surface area (Å²) in [5.74, 6) is -1.03. The van der Waals surface area contributed by atoms with Crippen molar-refractivity contribution in [3.05, 3.63) is 81.6 Å². The number of morpholine rings is 1. The Labute approximate surface area is 214 Å². The second-order valence-corrected chi connectivity index (χ2v) is 9.94. The molecule has 0 amide bonds. The predicted molar refractivity (Wildman–Crippen MR) is 141 cm³/mol. The van der Waals surface area contributed by atoms with Crippen LogP contribution < -0.4 is 10.2 Å². The molecule has 7 nitrogen and oxygen atoms in total. The molecule has 4 heterocycles. The van der Waals surface area contributed by atoms with Crippen LogP contribution in [0.5, 0.6) is 0 Å². The molecular formula is C28H29N3O4S. The van der Waals surface area contributed by atoms with E-state index >= 15 is 0 Å². The van der Waals surface area contributed by atoms with Gasteiger partial charge in [-0.2, -0.15) is 0 Å². The number of nitrogens with zero attached hydrogens (tertiary/aromatic N) is 2. The van der Waals surface area contributed by atoms with E-state index in [9.17, 15) is 9.59 Å². The van der Waals surface area contributed by atoms with E-state index < -0.39 is 11.9 Å². The molecule has 5 rings (SSSR count). The number of hydrogen-bond donors (Lipinski definition) is 1. The molecule has 1 N–H and O–H groups in total. The number of esters is 1. The zero-order chi connectivity index (χ0) is 25.2. The molecule has 8 heteroatoms. The first-order valence-electron chi connectivity index (χ1n) is 12.0. The Hall–Kier alpha value is -3.49. The fourth-order valence-corrected chi connectivity index (χ4v) is 5.98. The lowest BCUT2D eigenvalue weighted by Crippen LogP contribution is -2.36. The normalized spacial score (nSPS) is 18.4. The van der Waals surface area contributed by atoms with E-state index in [1.54, 1.807) is 13.1 Å². The van der Waals surface area contributed by atoms with Crippen molar-refractivity contribution >= 4 is 39.0 Å². The maximum atomic E-state index is 13.6. The summed E-state index contributed by atoms with van der Waals surface area (Å²) < 4.78 is 11.3. The first kappa shape index (κ1) is 24.2. The monoisotopic (exact) mass is 503 g/mol. The maximum Gasteiger partial charge on any atom is 0.337 e. The van der Waals surface area contributed by atoms with Crippen molar-refractivity contribution < 1.29 is 19.1 Å². The Morgan fingerprint density at radius 1 is 1.14 bits per heavy atom. The fraction of sp³-hybridized carbons (Fsp3) is 0.321. The van der Waals surface area contributed by atoms with Crippen LogP contribution in [-0.4, -0.2) is 43.0 Å². The van der Waals surface area contributed by atoms with Gasteiger partial charge in [0.15, 0.2) is 5.78 Å². The molecule has 0 spiro atoms. The van der Waals surface area contributed by atoms with Gasteiger partial charge in [0.1, 0.15) is 11.4 Å². The lowest BCUT2D eigenvalue weighted by Gasteiger charge is -2.30. The number of hydrogen-bond acceptors (Lipinski definition) is 8. The van der Waals surface area contributed by atoms with E-state index in [2.05, 4.69) is 27.3 Å². The average molecular weight is 504 g/mol. The molecule has 186 valence electrons. The van der Waals surface area contributed by atoms with Crippen LogP contribution in [0.15, 0.2) is 70.5 Å². The summed E-state index contributed by atoms with van der Waals surface area (Å²) in [6.07, 6.45) is 1.75. The number of ether oxygens (including phenoxy) is 2. The predicted octanol–water partition coefficient (Wildman–Crippen LogP) is 4.70. The number of pyridine rings is 1. The highest BCUT2D eigenvalue weighted by atomic mass is 32.1. The van der Waals surface area contributed by atoms with Crippen molar-refractivity contribution in [1.29, 1.82) is 0 Å². The van der Waals surface area contributed by atoms with Gasteiger partial charge in [-0.1, -0.05) is 18.2 Å². The molecule has 36 heavy (non-hydrogen) atoms. The van der Waals surface area contributed by atoms with E-state index in [1.165, 1.54) is 11.3 Å². The van der Waals surface area contributed by atoms with Gasteiger partial charge in [0.2, 0.25) is 0 Å². The van der Waals surface area contributed by atoms with E-state index in [-0.39, 0.29) is 12.4 Å². The summed E-state index contributed by atoms with van der Waals surface area (Å²) in [5, 5.41) is 6.18. The van der Waals surface area contributed by atoms with Gasteiger partial charge in [-0.05, 0) is 55.5 Å². The van der Waals surface area contributed by atoms with Gasteiger partial charge in [-0.25, -0.2) is 9.78 Å². The minimum Gasteiger partial charge on any atom is -0.457 e. The number of carbonyl (C=O) groups is 2. The van der Waals surface area contributed by atoms with Crippen LogP contribution in [0.4, 0.5) is 5.69 Å². The highest BCUT2D eigenvalue weighted by Gasteiger charge is 2.37. The number of nitrogens with one attached hydrogen (secondary N) is 1. The van der Waals surface area contributed by atoms with Crippen LogP contribution in [-0.2, 0) is 25.7 Å². The van der Waals surface area contributed by atoms with Crippen molar-refractivity contribution in [3.8, 4) is 0 Å². The molecular weight excluding hydrogens is 474 g/mol. The topological polar surface area (TPSA) is 80.8 Å². The molecule has 1 saturated heterocycles. The minimum atomic E-state index is -0.520. The first-order chi connectivity index (χ1) is 17.4. The quantitative estimate of drug-likeness (QED) is 0.489. The Kier molecular flexibility index (Phi) is 6.89. The van der Waals surface area contributed by atoms with Gasteiger partial charge in [0, 0.05) is 53.2 Å². The molecule has 3 aromatic rings. The molecule has 1 fully saturated rings. The van der Waals surface area contributed by atoms with Crippen LogP contribution >= 0.6 is 11.3 Å². The third-order valence-corrected chi connectivity index (χ3v) is 7.63. The highest BCUT2D eigenvalue weighted by molar-refractivity contribution is 7.16. The molecule has 1 aromatic carbocycles. The van der Waals surface area contributed by atoms with Crippen LogP contribution in [0.2, 0.25) is 0 Å². The lowest BCUT2D eigenvalue weighted by atomic mass is 9.79. The number of benzene rings is 1. The number of aromatic nitrogens is 1. The maximum absolute atomic E-state index is 13.6. The van der Waals surface area contributed by atoms with Crippen molar-refractivity contribution in [2.75, 3.05) is 31.2 Å². The van der Waals surface area contributed by atoms with Crippen LogP contribution in [0.3, 0.4) is 0 Å². The molecule has 0 radical (unpaired) electrons. The smallest absolute Gasteiger partial charge is 0.337 e. The number of fused-ring (bicyclic) bond motifs is 1. The van der Waals surface area contributed by atoms with Crippen LogP contribution in [0, 0.1) is 0 Å². The Balaban J connectivity index is 1.44. The largest absolute Gasteiger partial charge is 0.457 e. The highest BCUT2D eigenvalue weighted by Crippen LogP contribution is 2.43. The van der Waals surface area contributed by atoms with Crippen molar-refractivity contribution in [3.63, 3.8) is 0 Å². The Morgan fingerprint density at radius 2 is 1.92 bits per heavy atom. The van der Waals surface area contributed by atoms with E-state index in [0.29, 0.717) is 30.1 Å². The fourth-order valence-electron chi connectivity index (χ4n) is 5.04.